The monoisotopic (exact) mass is 377 g/mol. The van der Waals surface area contributed by atoms with Crippen molar-refractivity contribution in [2.24, 2.45) is 0 Å². The van der Waals surface area contributed by atoms with Gasteiger partial charge in [-0.3, -0.25) is 19.4 Å². The van der Waals surface area contributed by atoms with E-state index < -0.39 is 0 Å². The van der Waals surface area contributed by atoms with E-state index in [2.05, 4.69) is 10.1 Å². The maximum Gasteiger partial charge on any atom is 0.278 e. The number of carbonyl (C=O) groups excluding carboxylic acids is 1. The van der Waals surface area contributed by atoms with Crippen molar-refractivity contribution in [3.8, 4) is 0 Å². The zero-order valence-electron chi connectivity index (χ0n) is 15.2. The molecule has 0 spiro atoms. The number of hydrogen-bond donors (Lipinski definition) is 0. The molecule has 0 atom stereocenters. The first-order chi connectivity index (χ1) is 13.2. The largest absolute Gasteiger partial charge is 0.278 e. The lowest BCUT2D eigenvalue weighted by molar-refractivity contribution is 0.0975. The summed E-state index contributed by atoms with van der Waals surface area (Å²) in [4.78, 5) is 24.0. The Balaban J connectivity index is 1.78. The Morgan fingerprint density at radius 3 is 2.81 bits per heavy atom. The van der Waals surface area contributed by atoms with E-state index in [1.807, 2.05) is 56.3 Å². The van der Waals surface area contributed by atoms with Crippen LogP contribution in [0.25, 0.3) is 10.2 Å². The average molecular weight is 377 g/mol. The molecule has 3 heterocycles. The quantitative estimate of drug-likeness (QED) is 0.526. The van der Waals surface area contributed by atoms with Crippen molar-refractivity contribution in [1.29, 1.82) is 0 Å². The lowest BCUT2D eigenvalue weighted by Gasteiger charge is -2.20. The summed E-state index contributed by atoms with van der Waals surface area (Å²) in [5, 5.41) is 5.09. The molecule has 1 aromatic carbocycles. The van der Waals surface area contributed by atoms with Crippen LogP contribution < -0.4 is 4.90 Å². The van der Waals surface area contributed by atoms with Crippen LogP contribution in [0.4, 0.5) is 5.13 Å². The van der Waals surface area contributed by atoms with Gasteiger partial charge in [-0.25, -0.2) is 4.98 Å². The summed E-state index contributed by atoms with van der Waals surface area (Å²) in [7, 11) is 0. The second kappa shape index (κ2) is 7.28. The molecule has 6 nitrogen and oxygen atoms in total. The molecule has 1 amide bonds. The number of anilines is 1. The molecule has 4 aromatic rings. The summed E-state index contributed by atoms with van der Waals surface area (Å²) in [6, 6.07) is 13.6. The number of aromatic nitrogens is 4. The van der Waals surface area contributed by atoms with Crippen molar-refractivity contribution in [1.82, 2.24) is 19.7 Å². The lowest BCUT2D eigenvalue weighted by atomic mass is 10.2. The number of benzene rings is 1. The number of amides is 1. The highest BCUT2D eigenvalue weighted by Gasteiger charge is 2.25. The predicted molar refractivity (Wildman–Crippen MR) is 107 cm³/mol. The summed E-state index contributed by atoms with van der Waals surface area (Å²) in [6.07, 6.45) is 3.50. The van der Waals surface area contributed by atoms with Gasteiger partial charge in [-0.1, -0.05) is 29.5 Å². The van der Waals surface area contributed by atoms with Crippen LogP contribution in [0, 0.1) is 6.92 Å². The van der Waals surface area contributed by atoms with E-state index in [4.69, 9.17) is 4.98 Å². The van der Waals surface area contributed by atoms with Gasteiger partial charge in [0.1, 0.15) is 5.69 Å². The number of pyridine rings is 1. The van der Waals surface area contributed by atoms with Gasteiger partial charge >= 0.3 is 0 Å². The Hall–Kier alpha value is -3.06. The van der Waals surface area contributed by atoms with E-state index in [9.17, 15) is 4.79 Å². The summed E-state index contributed by atoms with van der Waals surface area (Å²) in [5.74, 6) is -0.111. The van der Waals surface area contributed by atoms with Gasteiger partial charge in [0.05, 0.1) is 22.5 Å². The van der Waals surface area contributed by atoms with E-state index in [-0.39, 0.29) is 5.91 Å². The fourth-order valence-corrected chi connectivity index (χ4v) is 3.94. The van der Waals surface area contributed by atoms with Gasteiger partial charge < -0.3 is 0 Å². The molecule has 0 aliphatic heterocycles. The molecule has 0 saturated heterocycles. The van der Waals surface area contributed by atoms with E-state index >= 15 is 0 Å². The highest BCUT2D eigenvalue weighted by atomic mass is 32.1. The fourth-order valence-electron chi connectivity index (χ4n) is 2.97. The number of hydrogen-bond acceptors (Lipinski definition) is 5. The maximum atomic E-state index is 13.4. The topological polar surface area (TPSA) is 63.9 Å². The molecule has 136 valence electrons. The minimum absolute atomic E-state index is 0.111. The van der Waals surface area contributed by atoms with Gasteiger partial charge in [-0.2, -0.15) is 5.10 Å². The van der Waals surface area contributed by atoms with Crippen LogP contribution in [0.5, 0.6) is 0 Å². The van der Waals surface area contributed by atoms with Crippen LogP contribution in [-0.2, 0) is 13.1 Å². The molecule has 3 aromatic heterocycles. The zero-order chi connectivity index (χ0) is 18.8. The summed E-state index contributed by atoms with van der Waals surface area (Å²) in [5.41, 5.74) is 3.23. The molecule has 7 heteroatoms. The fraction of sp³-hybridized carbons (Fsp3) is 0.200. The Kier molecular flexibility index (Phi) is 4.68. The number of carbonyl (C=O) groups is 1. The Morgan fingerprint density at radius 1 is 1.22 bits per heavy atom. The van der Waals surface area contributed by atoms with Crippen molar-refractivity contribution in [3.63, 3.8) is 0 Å². The van der Waals surface area contributed by atoms with Crippen LogP contribution in [0.1, 0.15) is 28.7 Å². The predicted octanol–water partition coefficient (Wildman–Crippen LogP) is 4.06. The average Bonchev–Trinajstić information content (AvgIpc) is 3.29. The number of nitrogens with zero attached hydrogens (tertiary/aromatic N) is 5. The molecular formula is C20H19N5OS. The molecule has 27 heavy (non-hydrogen) atoms. The zero-order valence-corrected chi connectivity index (χ0v) is 16.0. The molecular weight excluding hydrogens is 358 g/mol. The van der Waals surface area contributed by atoms with Crippen LogP contribution in [0.2, 0.25) is 0 Å². The molecule has 0 N–H and O–H groups in total. The van der Waals surface area contributed by atoms with Gasteiger partial charge in [0.2, 0.25) is 0 Å². The number of rotatable bonds is 5. The number of fused-ring (bicyclic) bond motifs is 1. The minimum Gasteiger partial charge on any atom is -0.278 e. The minimum atomic E-state index is -0.111. The first-order valence-corrected chi connectivity index (χ1v) is 9.58. The number of aryl methyl sites for hydroxylation is 2. The van der Waals surface area contributed by atoms with E-state index in [0.29, 0.717) is 23.9 Å². The van der Waals surface area contributed by atoms with Gasteiger partial charge in [0.25, 0.3) is 5.91 Å². The molecule has 0 saturated carbocycles. The Bertz CT molecular complexity index is 1050. The van der Waals surface area contributed by atoms with Gasteiger partial charge in [-0.05, 0) is 43.7 Å². The molecule has 0 radical (unpaired) electrons. The van der Waals surface area contributed by atoms with Gasteiger partial charge in [0.15, 0.2) is 5.13 Å². The first-order valence-electron chi connectivity index (χ1n) is 8.76. The standard InChI is InChI=1S/C20H19N5OS/c1-3-25-17(11-14(2)23-25)19(26)24(13-15-7-6-10-21-12-15)20-22-16-8-4-5-9-18(16)27-20/h4-12H,3,13H2,1-2H3. The third-order valence-corrected chi connectivity index (χ3v) is 5.30. The molecule has 0 aliphatic rings. The summed E-state index contributed by atoms with van der Waals surface area (Å²) >= 11 is 1.51. The first kappa shape index (κ1) is 17.4. The second-order valence-electron chi connectivity index (χ2n) is 6.20. The third-order valence-electron chi connectivity index (χ3n) is 4.24. The van der Waals surface area contributed by atoms with Crippen molar-refractivity contribution in [2.75, 3.05) is 4.90 Å². The van der Waals surface area contributed by atoms with Crippen LogP contribution >= 0.6 is 11.3 Å². The van der Waals surface area contributed by atoms with Crippen molar-refractivity contribution < 1.29 is 4.79 Å². The van der Waals surface area contributed by atoms with Crippen molar-refractivity contribution in [3.05, 3.63) is 71.8 Å². The van der Waals surface area contributed by atoms with Crippen LogP contribution in [-0.4, -0.2) is 25.7 Å². The molecule has 0 aliphatic carbocycles. The van der Waals surface area contributed by atoms with Crippen molar-refractivity contribution >= 4 is 32.6 Å². The van der Waals surface area contributed by atoms with Crippen LogP contribution in [0.15, 0.2) is 54.9 Å². The second-order valence-corrected chi connectivity index (χ2v) is 7.21. The Labute approximate surface area is 161 Å². The smallest absolute Gasteiger partial charge is 0.278 e. The van der Waals surface area contributed by atoms with Crippen LogP contribution in [0.3, 0.4) is 0 Å². The van der Waals surface area contributed by atoms with E-state index in [0.717, 1.165) is 21.5 Å². The normalized spacial score (nSPS) is 11.0. The van der Waals surface area contributed by atoms with E-state index in [1.165, 1.54) is 11.3 Å². The van der Waals surface area contributed by atoms with E-state index in [1.54, 1.807) is 22.0 Å². The molecule has 0 unspecified atom stereocenters. The van der Waals surface area contributed by atoms with Gasteiger partial charge in [-0.15, -0.1) is 0 Å². The molecule has 0 fully saturated rings. The number of para-hydroxylation sites is 1. The summed E-state index contributed by atoms with van der Waals surface area (Å²) in [6.45, 7) is 4.91. The number of thiazole rings is 1. The lowest BCUT2D eigenvalue weighted by Crippen LogP contribution is -2.32. The van der Waals surface area contributed by atoms with Gasteiger partial charge in [0, 0.05) is 18.9 Å². The summed E-state index contributed by atoms with van der Waals surface area (Å²) < 4.78 is 2.79. The maximum absolute atomic E-state index is 13.4. The highest BCUT2D eigenvalue weighted by molar-refractivity contribution is 7.22. The molecule has 0 bridgehead atoms. The Morgan fingerprint density at radius 2 is 2.07 bits per heavy atom. The SMILES string of the molecule is CCn1nc(C)cc1C(=O)N(Cc1cccnc1)c1nc2ccccc2s1. The highest BCUT2D eigenvalue weighted by Crippen LogP contribution is 2.30. The van der Waals surface area contributed by atoms with Crippen molar-refractivity contribution in [2.45, 2.75) is 26.9 Å². The third kappa shape index (κ3) is 3.46. The molecule has 4 rings (SSSR count).